The van der Waals surface area contributed by atoms with E-state index in [-0.39, 0.29) is 16.3 Å². The molecule has 0 aliphatic rings. The fourth-order valence-corrected chi connectivity index (χ4v) is 4.70. The Kier molecular flexibility index (Phi) is 7.66. The second-order valence-electron chi connectivity index (χ2n) is 7.08. The van der Waals surface area contributed by atoms with Crippen LogP contribution in [0.1, 0.15) is 26.3 Å². The molecular weight excluding hydrogens is 396 g/mol. The second kappa shape index (κ2) is 9.56. The second-order valence-corrected chi connectivity index (χ2v) is 9.87. The Morgan fingerprint density at radius 1 is 0.571 bits per heavy atom. The quantitative estimate of drug-likeness (QED) is 0.600. The molecule has 0 saturated carbocycles. The van der Waals surface area contributed by atoms with Crippen molar-refractivity contribution in [2.24, 2.45) is 0 Å². The minimum atomic E-state index is -4.94. The van der Waals surface area contributed by atoms with E-state index < -0.39 is 10.2 Å². The molecule has 0 saturated heterocycles. The lowest BCUT2D eigenvalue weighted by molar-refractivity contribution is -2.00. The van der Waals surface area contributed by atoms with E-state index in [9.17, 15) is 0 Å². The average Bonchev–Trinajstić information content (AvgIpc) is 2.62. The lowest BCUT2D eigenvalue weighted by Crippen LogP contribution is -2.68. The van der Waals surface area contributed by atoms with Crippen LogP contribution in [-0.2, 0) is 16.3 Å². The normalized spacial score (nSPS) is 11.7. The largest absolute Gasteiger partial charge is 0.222 e. The summed E-state index contributed by atoms with van der Waals surface area (Å²) in [6.45, 7) is 6.78. The van der Waals surface area contributed by atoms with Crippen LogP contribution in [-0.4, -0.2) is 0 Å². The van der Waals surface area contributed by atoms with E-state index in [2.05, 4.69) is 106 Å². The molecule has 0 N–H and O–H groups in total. The van der Waals surface area contributed by atoms with Crippen LogP contribution in [0.2, 0.25) is 0 Å². The van der Waals surface area contributed by atoms with Gasteiger partial charge < -0.3 is 0 Å². The van der Waals surface area contributed by atoms with Gasteiger partial charge in [-0.15, -0.1) is 10.2 Å². The highest BCUT2D eigenvalue weighted by Gasteiger charge is 2.28. The summed E-state index contributed by atoms with van der Waals surface area (Å²) in [6, 6.07) is 30.7. The predicted octanol–water partition coefficient (Wildman–Crippen LogP) is 1.32. The molecule has 3 aromatic carbocycles. The van der Waals surface area contributed by atoms with Crippen LogP contribution in [0.4, 0.5) is 0 Å². The maximum absolute atomic E-state index is 8.49. The van der Waals surface area contributed by atoms with Gasteiger partial charge in [0.2, 0.25) is 0 Å². The number of rotatable bonds is 3. The summed E-state index contributed by atoms with van der Waals surface area (Å²) in [7, 11) is -4.99. The monoisotopic (exact) mass is 418 g/mol. The van der Waals surface area contributed by atoms with Crippen molar-refractivity contribution in [2.45, 2.75) is 40.9 Å². The summed E-state index contributed by atoms with van der Waals surface area (Å²) in [5.41, 5.74) is 1.57. The van der Waals surface area contributed by atoms with Crippen molar-refractivity contribution in [1.82, 2.24) is 0 Å². The molecule has 3 aromatic rings. The summed E-state index contributed by atoms with van der Waals surface area (Å²) in [5, 5.41) is 0. The first kappa shape index (κ1) is 22.4. The van der Waals surface area contributed by atoms with Crippen LogP contribution in [0.25, 0.3) is 0 Å². The molecule has 0 aliphatic carbocycles. The van der Waals surface area contributed by atoms with Gasteiger partial charge in [-0.1, -0.05) is 69.3 Å². The third kappa shape index (κ3) is 7.28. The summed E-state index contributed by atoms with van der Waals surface area (Å²) < 4.78 is 34.0. The van der Waals surface area contributed by atoms with Gasteiger partial charge in [-0.3, -0.25) is 0 Å². The van der Waals surface area contributed by atoms with Crippen molar-refractivity contribution < 1.29 is 28.9 Å². The number of halogens is 1. The van der Waals surface area contributed by atoms with E-state index in [1.165, 1.54) is 20.2 Å². The van der Waals surface area contributed by atoms with Crippen LogP contribution in [0.15, 0.2) is 99.6 Å². The van der Waals surface area contributed by atoms with Gasteiger partial charge in [0.05, 0.1) is 10.9 Å². The number of hydrogen-bond acceptors (Lipinski definition) is 4. The molecule has 4 nitrogen and oxygen atoms in total. The average molecular weight is 419 g/mol. The minimum Gasteiger partial charge on any atom is -0.222 e. The molecule has 0 bridgehead atoms. The Morgan fingerprint density at radius 2 is 0.893 bits per heavy atom. The Bertz CT molecular complexity index is 796. The highest BCUT2D eigenvalue weighted by molar-refractivity contribution is 7.97. The Hall–Kier alpha value is -1.86. The minimum absolute atomic E-state index is 0.0497. The zero-order chi connectivity index (χ0) is 20.8. The summed E-state index contributed by atoms with van der Waals surface area (Å²) in [5.74, 6) is 0. The van der Waals surface area contributed by atoms with Gasteiger partial charge >= 0.3 is 0 Å². The van der Waals surface area contributed by atoms with E-state index in [0.29, 0.717) is 0 Å². The van der Waals surface area contributed by atoms with Gasteiger partial charge in [0.15, 0.2) is 14.7 Å². The Labute approximate surface area is 171 Å². The number of hydrogen-bond donors (Lipinski definition) is 0. The molecule has 0 unspecified atom stereocenters. The van der Waals surface area contributed by atoms with E-state index in [1.54, 1.807) is 0 Å². The van der Waals surface area contributed by atoms with Crippen molar-refractivity contribution in [3.8, 4) is 0 Å². The SMILES string of the molecule is CC(C)(C)c1ccc([S+](c2ccccc2)c2ccccc2)cc1.[O-][Cl+3]([O-])([O-])[O-]. The third-order valence-corrected chi connectivity index (χ3v) is 6.14. The zero-order valence-electron chi connectivity index (χ0n) is 16.0. The van der Waals surface area contributed by atoms with Gasteiger partial charge in [0.25, 0.3) is 0 Å². The molecule has 0 aliphatic heterocycles. The van der Waals surface area contributed by atoms with Gasteiger partial charge in [-0.05, 0) is 47.4 Å². The smallest absolute Gasteiger partial charge is 0.166 e. The first-order valence-electron chi connectivity index (χ1n) is 8.62. The molecule has 0 aromatic heterocycles. The van der Waals surface area contributed by atoms with Gasteiger partial charge in [0.1, 0.15) is 0 Å². The maximum atomic E-state index is 8.49. The zero-order valence-corrected chi connectivity index (χ0v) is 17.6. The van der Waals surface area contributed by atoms with E-state index >= 15 is 0 Å². The van der Waals surface area contributed by atoms with E-state index in [4.69, 9.17) is 18.6 Å². The first-order valence-corrected chi connectivity index (χ1v) is 11.1. The van der Waals surface area contributed by atoms with Gasteiger partial charge in [0, 0.05) is 0 Å². The highest BCUT2D eigenvalue weighted by atomic mass is 35.7. The molecular formula is C22H23ClO4S. The lowest BCUT2D eigenvalue weighted by atomic mass is 9.87. The van der Waals surface area contributed by atoms with Gasteiger partial charge in [-0.25, -0.2) is 18.6 Å². The fraction of sp³-hybridized carbons (Fsp3) is 0.182. The van der Waals surface area contributed by atoms with Crippen LogP contribution >= 0.6 is 0 Å². The van der Waals surface area contributed by atoms with Crippen LogP contribution in [0, 0.1) is 10.2 Å². The van der Waals surface area contributed by atoms with Crippen molar-refractivity contribution in [3.63, 3.8) is 0 Å². The molecule has 0 heterocycles. The molecule has 148 valence electrons. The molecule has 0 atom stereocenters. The predicted molar refractivity (Wildman–Crippen MR) is 100 cm³/mol. The summed E-state index contributed by atoms with van der Waals surface area (Å²) >= 11 is 0. The molecule has 28 heavy (non-hydrogen) atoms. The fourth-order valence-electron chi connectivity index (χ4n) is 2.61. The van der Waals surface area contributed by atoms with Crippen molar-refractivity contribution >= 4 is 10.9 Å². The molecule has 6 heteroatoms. The molecule has 3 rings (SSSR count). The van der Waals surface area contributed by atoms with Crippen molar-refractivity contribution in [3.05, 3.63) is 90.5 Å². The third-order valence-electron chi connectivity index (χ3n) is 3.91. The highest BCUT2D eigenvalue weighted by Crippen LogP contribution is 2.32. The number of benzene rings is 3. The van der Waals surface area contributed by atoms with E-state index in [0.717, 1.165) is 0 Å². The van der Waals surface area contributed by atoms with E-state index in [1.807, 2.05) is 0 Å². The summed E-state index contributed by atoms with van der Waals surface area (Å²) in [6.07, 6.45) is 0. The van der Waals surface area contributed by atoms with Crippen LogP contribution in [0.3, 0.4) is 0 Å². The van der Waals surface area contributed by atoms with Gasteiger partial charge in [-0.2, -0.15) is 0 Å². The topological polar surface area (TPSA) is 92.2 Å². The first-order chi connectivity index (χ1) is 13.1. The molecule has 0 radical (unpaired) electrons. The molecule has 0 fully saturated rings. The molecule has 0 spiro atoms. The Balaban J connectivity index is 0.000000500. The summed E-state index contributed by atoms with van der Waals surface area (Å²) in [4.78, 5) is 4.10. The lowest BCUT2D eigenvalue weighted by Gasteiger charge is -2.19. The molecule has 0 amide bonds. The van der Waals surface area contributed by atoms with Crippen LogP contribution < -0.4 is 18.6 Å². The van der Waals surface area contributed by atoms with Crippen LogP contribution in [0.5, 0.6) is 0 Å². The Morgan fingerprint density at radius 3 is 1.21 bits per heavy atom. The standard InChI is InChI=1S/C22H23S.ClHO4/c1-22(2,3)18-14-16-21(17-15-18)23(19-10-6-4-7-11-19)20-12-8-5-9-13-20;2-1(3,4)5/h4-17H,1-3H3;(H,2,3,4,5)/q+1;/p-1. The maximum Gasteiger partial charge on any atom is 0.166 e. The van der Waals surface area contributed by atoms with Crippen molar-refractivity contribution in [2.75, 3.05) is 0 Å². The van der Waals surface area contributed by atoms with Crippen molar-refractivity contribution in [1.29, 1.82) is 0 Å².